The molecule has 5 heteroatoms. The van der Waals surface area contributed by atoms with Gasteiger partial charge in [-0.15, -0.1) is 0 Å². The molecule has 1 aromatic heterocycles. The van der Waals surface area contributed by atoms with Crippen LogP contribution in [0.25, 0.3) is 0 Å². The minimum atomic E-state index is 0.450. The third-order valence-corrected chi connectivity index (χ3v) is 3.80. The van der Waals surface area contributed by atoms with E-state index in [1.54, 1.807) is 0 Å². The van der Waals surface area contributed by atoms with Crippen molar-refractivity contribution in [3.8, 4) is 0 Å². The quantitative estimate of drug-likeness (QED) is 0.796. The highest BCUT2D eigenvalue weighted by atomic mass is 35.5. The summed E-state index contributed by atoms with van der Waals surface area (Å²) < 4.78 is 2.03. The van der Waals surface area contributed by atoms with Crippen LogP contribution in [0.5, 0.6) is 0 Å². The Labute approximate surface area is 122 Å². The van der Waals surface area contributed by atoms with Crippen molar-refractivity contribution in [3.05, 3.63) is 16.4 Å². The first-order valence-electron chi connectivity index (χ1n) is 7.09. The molecule has 0 saturated heterocycles. The highest BCUT2D eigenvalue weighted by molar-refractivity contribution is 6.31. The van der Waals surface area contributed by atoms with E-state index >= 15 is 0 Å². The van der Waals surface area contributed by atoms with Crippen LogP contribution in [0.3, 0.4) is 0 Å². The average molecular weight is 287 g/mol. The van der Waals surface area contributed by atoms with Gasteiger partial charge in [0.15, 0.2) is 0 Å². The fourth-order valence-corrected chi connectivity index (χ4v) is 2.49. The molecule has 0 aliphatic heterocycles. The van der Waals surface area contributed by atoms with Gasteiger partial charge in [-0.25, -0.2) is 0 Å². The molecule has 0 aromatic carbocycles. The zero-order chi connectivity index (χ0) is 14.4. The number of rotatable bonds is 8. The molecule has 1 rings (SSSR count). The van der Waals surface area contributed by atoms with E-state index in [4.69, 9.17) is 11.6 Å². The summed E-state index contributed by atoms with van der Waals surface area (Å²) in [6.07, 6.45) is 2.06. The van der Waals surface area contributed by atoms with Crippen LogP contribution in [0.4, 0.5) is 0 Å². The summed E-state index contributed by atoms with van der Waals surface area (Å²) in [5, 5.41) is 8.86. The molecule has 0 aliphatic rings. The van der Waals surface area contributed by atoms with Crippen LogP contribution in [0.2, 0.25) is 5.02 Å². The van der Waals surface area contributed by atoms with Gasteiger partial charge in [0.1, 0.15) is 0 Å². The molecule has 110 valence electrons. The maximum atomic E-state index is 6.38. The van der Waals surface area contributed by atoms with Crippen LogP contribution in [0.15, 0.2) is 0 Å². The number of aromatic nitrogens is 2. The van der Waals surface area contributed by atoms with E-state index in [9.17, 15) is 0 Å². The molecule has 0 spiro atoms. The number of nitrogens with one attached hydrogen (secondary N) is 1. The summed E-state index contributed by atoms with van der Waals surface area (Å²) in [6, 6.07) is 0.450. The molecule has 1 aromatic rings. The van der Waals surface area contributed by atoms with Crippen molar-refractivity contribution in [2.45, 2.75) is 46.2 Å². The van der Waals surface area contributed by atoms with Crippen molar-refractivity contribution in [3.63, 3.8) is 0 Å². The summed E-state index contributed by atoms with van der Waals surface area (Å²) in [5.41, 5.74) is 2.09. The topological polar surface area (TPSA) is 33.1 Å². The molecule has 19 heavy (non-hydrogen) atoms. The summed E-state index contributed by atoms with van der Waals surface area (Å²) >= 11 is 6.38. The molecular formula is C14H27ClN4. The van der Waals surface area contributed by atoms with Gasteiger partial charge in [-0.1, -0.05) is 18.5 Å². The van der Waals surface area contributed by atoms with Crippen molar-refractivity contribution in [1.29, 1.82) is 0 Å². The standard InChI is InChI=1S/C14H27ClN4/c1-6-16-12(8-9-18(4)5)10-13-14(15)11(3)17-19(13)7-2/h12,16H,6-10H2,1-5H3. The molecule has 0 radical (unpaired) electrons. The van der Waals surface area contributed by atoms with Crippen molar-refractivity contribution in [1.82, 2.24) is 20.0 Å². The lowest BCUT2D eigenvalue weighted by Gasteiger charge is -2.20. The summed E-state index contributed by atoms with van der Waals surface area (Å²) in [5.74, 6) is 0. The first-order chi connectivity index (χ1) is 8.99. The number of likely N-dealkylation sites (N-methyl/N-ethyl adjacent to an activating group) is 1. The van der Waals surface area contributed by atoms with E-state index in [0.29, 0.717) is 6.04 Å². The minimum absolute atomic E-state index is 0.450. The van der Waals surface area contributed by atoms with Crippen LogP contribution in [0.1, 0.15) is 31.7 Å². The molecule has 0 bridgehead atoms. The second kappa shape index (κ2) is 7.88. The number of nitrogens with zero attached hydrogens (tertiary/aromatic N) is 3. The summed E-state index contributed by atoms with van der Waals surface area (Å²) in [4.78, 5) is 2.22. The third kappa shape index (κ3) is 4.79. The average Bonchev–Trinajstić information content (AvgIpc) is 2.63. The lowest BCUT2D eigenvalue weighted by atomic mass is 10.1. The Hall–Kier alpha value is -0.580. The summed E-state index contributed by atoms with van der Waals surface area (Å²) in [6.45, 7) is 9.15. The van der Waals surface area contributed by atoms with E-state index in [0.717, 1.165) is 48.9 Å². The van der Waals surface area contributed by atoms with E-state index < -0.39 is 0 Å². The molecule has 0 saturated carbocycles. The third-order valence-electron chi connectivity index (χ3n) is 3.31. The minimum Gasteiger partial charge on any atom is -0.314 e. The number of hydrogen-bond donors (Lipinski definition) is 1. The number of aryl methyl sites for hydroxylation is 2. The first-order valence-corrected chi connectivity index (χ1v) is 7.47. The Morgan fingerprint density at radius 3 is 2.58 bits per heavy atom. The molecule has 1 atom stereocenters. The lowest BCUT2D eigenvalue weighted by molar-refractivity contribution is 0.355. The van der Waals surface area contributed by atoms with Crippen molar-refractivity contribution < 1.29 is 0 Å². The Morgan fingerprint density at radius 2 is 2.05 bits per heavy atom. The normalized spacial score (nSPS) is 13.2. The van der Waals surface area contributed by atoms with Crippen LogP contribution < -0.4 is 5.32 Å². The van der Waals surface area contributed by atoms with Gasteiger partial charge in [0.2, 0.25) is 0 Å². The smallest absolute Gasteiger partial charge is 0.0847 e. The maximum absolute atomic E-state index is 6.38. The van der Waals surface area contributed by atoms with Gasteiger partial charge < -0.3 is 10.2 Å². The zero-order valence-electron chi connectivity index (χ0n) is 12.8. The number of hydrogen-bond acceptors (Lipinski definition) is 3. The molecule has 1 N–H and O–H groups in total. The SMILES string of the molecule is CCNC(CCN(C)C)Cc1c(Cl)c(C)nn1CC. The molecular weight excluding hydrogens is 260 g/mol. The van der Waals surface area contributed by atoms with Gasteiger partial charge in [0.25, 0.3) is 0 Å². The van der Waals surface area contributed by atoms with Crippen molar-refractivity contribution >= 4 is 11.6 Å². The highest BCUT2D eigenvalue weighted by Gasteiger charge is 2.17. The second-order valence-corrected chi connectivity index (χ2v) is 5.59. The van der Waals surface area contributed by atoms with Gasteiger partial charge in [0, 0.05) is 19.0 Å². The molecule has 0 amide bonds. The largest absolute Gasteiger partial charge is 0.314 e. The molecule has 1 unspecified atom stereocenters. The predicted octanol–water partition coefficient (Wildman–Crippen LogP) is 2.34. The maximum Gasteiger partial charge on any atom is 0.0847 e. The van der Waals surface area contributed by atoms with Gasteiger partial charge in [-0.05, 0) is 47.5 Å². The fourth-order valence-electron chi connectivity index (χ4n) is 2.28. The van der Waals surface area contributed by atoms with Crippen molar-refractivity contribution in [2.24, 2.45) is 0 Å². The fraction of sp³-hybridized carbons (Fsp3) is 0.786. The molecule has 4 nitrogen and oxygen atoms in total. The zero-order valence-corrected chi connectivity index (χ0v) is 13.6. The van der Waals surface area contributed by atoms with Gasteiger partial charge in [0.05, 0.1) is 16.4 Å². The lowest BCUT2D eigenvalue weighted by Crippen LogP contribution is -2.34. The van der Waals surface area contributed by atoms with Crippen LogP contribution in [-0.4, -0.2) is 47.9 Å². The molecule has 0 aliphatic carbocycles. The Morgan fingerprint density at radius 1 is 1.37 bits per heavy atom. The van der Waals surface area contributed by atoms with Crippen LogP contribution in [0, 0.1) is 6.92 Å². The van der Waals surface area contributed by atoms with E-state index in [-0.39, 0.29) is 0 Å². The second-order valence-electron chi connectivity index (χ2n) is 5.21. The predicted molar refractivity (Wildman–Crippen MR) is 82.0 cm³/mol. The van der Waals surface area contributed by atoms with Gasteiger partial charge in [-0.2, -0.15) is 5.10 Å². The number of halogens is 1. The van der Waals surface area contributed by atoms with Gasteiger partial charge >= 0.3 is 0 Å². The van der Waals surface area contributed by atoms with Crippen LogP contribution in [-0.2, 0) is 13.0 Å². The monoisotopic (exact) mass is 286 g/mol. The Bertz CT molecular complexity index is 387. The first kappa shape index (κ1) is 16.5. The van der Waals surface area contributed by atoms with Crippen molar-refractivity contribution in [2.75, 3.05) is 27.2 Å². The molecule has 0 fully saturated rings. The van der Waals surface area contributed by atoms with E-state index in [1.165, 1.54) is 0 Å². The summed E-state index contributed by atoms with van der Waals surface area (Å²) in [7, 11) is 4.22. The highest BCUT2D eigenvalue weighted by Crippen LogP contribution is 2.22. The molecule has 1 heterocycles. The van der Waals surface area contributed by atoms with Gasteiger partial charge in [-0.3, -0.25) is 4.68 Å². The van der Waals surface area contributed by atoms with E-state index in [2.05, 4.69) is 43.3 Å². The Balaban J connectivity index is 2.77. The Kier molecular flexibility index (Phi) is 6.83. The van der Waals surface area contributed by atoms with E-state index in [1.807, 2.05) is 11.6 Å². The van der Waals surface area contributed by atoms with Crippen LogP contribution >= 0.6 is 11.6 Å².